The first-order chi connectivity index (χ1) is 6.76. The van der Waals surface area contributed by atoms with Crippen molar-refractivity contribution in [2.24, 2.45) is 0 Å². The molecule has 0 N–H and O–H groups in total. The lowest BCUT2D eigenvalue weighted by molar-refractivity contribution is 0.412. The van der Waals surface area contributed by atoms with E-state index < -0.39 is 5.82 Å². The zero-order valence-corrected chi connectivity index (χ0v) is 8.19. The lowest BCUT2D eigenvalue weighted by atomic mass is 10.2. The lowest BCUT2D eigenvalue weighted by Gasteiger charge is -2.00. The van der Waals surface area contributed by atoms with Crippen LogP contribution in [-0.2, 0) is 0 Å². The standard InChI is InChI=1S/C10H6FNOS/c1-13-7-2-8(11)10-6(4-12)5-14-9(10)3-7/h2-3,5H,1H3. The van der Waals surface area contributed by atoms with Crippen molar-refractivity contribution in [3.8, 4) is 11.8 Å². The molecule has 0 bridgehead atoms. The van der Waals surface area contributed by atoms with Crippen LogP contribution < -0.4 is 4.74 Å². The van der Waals surface area contributed by atoms with E-state index in [0.29, 0.717) is 16.7 Å². The van der Waals surface area contributed by atoms with E-state index in [1.54, 1.807) is 11.4 Å². The fraction of sp³-hybridized carbons (Fsp3) is 0.100. The predicted octanol–water partition coefficient (Wildman–Crippen LogP) is 2.92. The maximum Gasteiger partial charge on any atom is 0.136 e. The molecule has 14 heavy (non-hydrogen) atoms. The number of rotatable bonds is 1. The molecule has 70 valence electrons. The maximum absolute atomic E-state index is 13.5. The van der Waals surface area contributed by atoms with Gasteiger partial charge in [0, 0.05) is 21.5 Å². The monoisotopic (exact) mass is 207 g/mol. The number of halogens is 1. The Balaban J connectivity index is 2.80. The highest BCUT2D eigenvalue weighted by atomic mass is 32.1. The molecule has 2 aromatic rings. The Morgan fingerprint density at radius 1 is 1.50 bits per heavy atom. The molecule has 1 aromatic carbocycles. The second kappa shape index (κ2) is 3.28. The molecule has 4 heteroatoms. The third kappa shape index (κ3) is 1.22. The molecule has 0 unspecified atom stereocenters. The van der Waals surface area contributed by atoms with Crippen molar-refractivity contribution >= 4 is 21.4 Å². The first-order valence-electron chi connectivity index (χ1n) is 3.91. The summed E-state index contributed by atoms with van der Waals surface area (Å²) in [4.78, 5) is 0. The van der Waals surface area contributed by atoms with Crippen molar-refractivity contribution in [1.29, 1.82) is 5.26 Å². The fourth-order valence-electron chi connectivity index (χ4n) is 1.29. The summed E-state index contributed by atoms with van der Waals surface area (Å²) in [5, 5.41) is 10.8. The second-order valence-corrected chi connectivity index (χ2v) is 3.65. The topological polar surface area (TPSA) is 33.0 Å². The third-order valence-corrected chi connectivity index (χ3v) is 2.89. The number of methoxy groups -OCH3 is 1. The van der Waals surface area contributed by atoms with Crippen LogP contribution in [0.25, 0.3) is 10.1 Å². The fourth-order valence-corrected chi connectivity index (χ4v) is 2.22. The van der Waals surface area contributed by atoms with Crippen LogP contribution in [0.5, 0.6) is 5.75 Å². The SMILES string of the molecule is COc1cc(F)c2c(C#N)csc2c1. The van der Waals surface area contributed by atoms with E-state index in [0.717, 1.165) is 4.70 Å². The summed E-state index contributed by atoms with van der Waals surface area (Å²) in [6.45, 7) is 0. The van der Waals surface area contributed by atoms with E-state index >= 15 is 0 Å². The smallest absolute Gasteiger partial charge is 0.136 e. The first kappa shape index (κ1) is 8.97. The third-order valence-electron chi connectivity index (χ3n) is 1.96. The Morgan fingerprint density at radius 3 is 2.93 bits per heavy atom. The number of ether oxygens (including phenoxy) is 1. The number of benzene rings is 1. The number of thiophene rings is 1. The minimum absolute atomic E-state index is 0.380. The van der Waals surface area contributed by atoms with E-state index in [9.17, 15) is 4.39 Å². The van der Waals surface area contributed by atoms with Gasteiger partial charge in [0.15, 0.2) is 0 Å². The summed E-state index contributed by atoms with van der Waals surface area (Å²) >= 11 is 1.34. The van der Waals surface area contributed by atoms with Crippen LogP contribution in [-0.4, -0.2) is 7.11 Å². The molecule has 0 aliphatic rings. The van der Waals surface area contributed by atoms with Crippen LogP contribution >= 0.6 is 11.3 Å². The van der Waals surface area contributed by atoms with E-state index in [-0.39, 0.29) is 0 Å². The molecule has 1 heterocycles. The predicted molar refractivity (Wildman–Crippen MR) is 53.1 cm³/mol. The molecule has 2 nitrogen and oxygen atoms in total. The highest BCUT2D eigenvalue weighted by Gasteiger charge is 2.10. The lowest BCUT2D eigenvalue weighted by Crippen LogP contribution is -1.85. The summed E-state index contributed by atoms with van der Waals surface area (Å²) in [5.74, 6) is 0.0680. The Hall–Kier alpha value is -1.60. The van der Waals surface area contributed by atoms with Gasteiger partial charge in [-0.15, -0.1) is 11.3 Å². The van der Waals surface area contributed by atoms with Crippen LogP contribution in [0.2, 0.25) is 0 Å². The van der Waals surface area contributed by atoms with Crippen LogP contribution in [0.15, 0.2) is 17.5 Å². The van der Waals surface area contributed by atoms with Crippen molar-refractivity contribution in [3.63, 3.8) is 0 Å². The molecular formula is C10H6FNOS. The highest BCUT2D eigenvalue weighted by Crippen LogP contribution is 2.31. The molecule has 2 rings (SSSR count). The van der Waals surface area contributed by atoms with Gasteiger partial charge in [-0.25, -0.2) is 4.39 Å². The Kier molecular flexibility index (Phi) is 2.10. The molecule has 0 atom stereocenters. The normalized spacial score (nSPS) is 10.1. The number of nitrogens with zero attached hydrogens (tertiary/aromatic N) is 1. The molecule has 0 aliphatic heterocycles. The number of nitriles is 1. The summed E-state index contributed by atoms with van der Waals surface area (Å²) < 4.78 is 19.2. The van der Waals surface area contributed by atoms with Crippen molar-refractivity contribution in [1.82, 2.24) is 0 Å². The van der Waals surface area contributed by atoms with Gasteiger partial charge in [0.05, 0.1) is 12.7 Å². The van der Waals surface area contributed by atoms with Gasteiger partial charge in [0.1, 0.15) is 17.6 Å². The Morgan fingerprint density at radius 2 is 2.29 bits per heavy atom. The summed E-state index contributed by atoms with van der Waals surface area (Å²) in [5.41, 5.74) is 0.380. The van der Waals surface area contributed by atoms with E-state index in [2.05, 4.69) is 0 Å². The van der Waals surface area contributed by atoms with Crippen molar-refractivity contribution < 1.29 is 9.13 Å². The van der Waals surface area contributed by atoms with Crippen LogP contribution in [0.4, 0.5) is 4.39 Å². The van der Waals surface area contributed by atoms with Gasteiger partial charge in [-0.05, 0) is 6.07 Å². The molecular weight excluding hydrogens is 201 g/mol. The largest absolute Gasteiger partial charge is 0.497 e. The minimum atomic E-state index is -0.405. The zero-order valence-electron chi connectivity index (χ0n) is 7.37. The van der Waals surface area contributed by atoms with Crippen molar-refractivity contribution in [3.05, 3.63) is 28.9 Å². The average Bonchev–Trinajstić information content (AvgIpc) is 2.61. The molecule has 1 aromatic heterocycles. The van der Waals surface area contributed by atoms with Gasteiger partial charge in [0.2, 0.25) is 0 Å². The van der Waals surface area contributed by atoms with Gasteiger partial charge in [-0.2, -0.15) is 5.26 Å². The van der Waals surface area contributed by atoms with E-state index in [4.69, 9.17) is 10.00 Å². The van der Waals surface area contributed by atoms with Gasteiger partial charge in [0.25, 0.3) is 0 Å². The summed E-state index contributed by atoms with van der Waals surface area (Å²) in [6.07, 6.45) is 0. The Bertz CT molecular complexity index is 527. The average molecular weight is 207 g/mol. The first-order valence-corrected chi connectivity index (χ1v) is 4.79. The zero-order chi connectivity index (χ0) is 10.1. The molecule has 0 saturated carbocycles. The van der Waals surface area contributed by atoms with Crippen LogP contribution in [0.3, 0.4) is 0 Å². The molecule has 0 radical (unpaired) electrons. The number of hydrogen-bond acceptors (Lipinski definition) is 3. The van der Waals surface area contributed by atoms with Crippen molar-refractivity contribution in [2.45, 2.75) is 0 Å². The van der Waals surface area contributed by atoms with Gasteiger partial charge >= 0.3 is 0 Å². The maximum atomic E-state index is 13.5. The highest BCUT2D eigenvalue weighted by molar-refractivity contribution is 7.17. The van der Waals surface area contributed by atoms with Gasteiger partial charge in [-0.3, -0.25) is 0 Å². The number of hydrogen-bond donors (Lipinski definition) is 0. The van der Waals surface area contributed by atoms with Gasteiger partial charge < -0.3 is 4.74 Å². The van der Waals surface area contributed by atoms with Gasteiger partial charge in [-0.1, -0.05) is 0 Å². The van der Waals surface area contributed by atoms with Crippen LogP contribution in [0, 0.1) is 17.1 Å². The quantitative estimate of drug-likeness (QED) is 0.720. The van der Waals surface area contributed by atoms with Crippen molar-refractivity contribution in [2.75, 3.05) is 7.11 Å². The molecule has 0 amide bonds. The Labute approximate surface area is 84.2 Å². The molecule has 0 saturated heterocycles. The molecule has 0 spiro atoms. The second-order valence-electron chi connectivity index (χ2n) is 2.74. The van der Waals surface area contributed by atoms with E-state index in [1.165, 1.54) is 24.5 Å². The summed E-state index contributed by atoms with van der Waals surface area (Å²) in [6, 6.07) is 4.97. The van der Waals surface area contributed by atoms with Crippen LogP contribution in [0.1, 0.15) is 5.56 Å². The summed E-state index contributed by atoms with van der Waals surface area (Å²) in [7, 11) is 1.49. The molecule has 0 aliphatic carbocycles. The van der Waals surface area contributed by atoms with E-state index in [1.807, 2.05) is 6.07 Å². The minimum Gasteiger partial charge on any atom is -0.497 e. The molecule has 0 fully saturated rings. The number of fused-ring (bicyclic) bond motifs is 1.